The molecule has 0 saturated heterocycles. The SMILES string of the molecule is Cc1cc(C)cc(-n2ncc3c(=O)n(CC(=O)Nc4ccccc4SCC#N)cnc32)c1. The number of rotatable bonds is 6. The van der Waals surface area contributed by atoms with Gasteiger partial charge in [0.2, 0.25) is 5.91 Å². The first-order valence-electron chi connectivity index (χ1n) is 9.87. The number of nitriles is 1. The van der Waals surface area contributed by atoms with Crippen LogP contribution in [-0.2, 0) is 11.3 Å². The first-order chi connectivity index (χ1) is 15.5. The van der Waals surface area contributed by atoms with Gasteiger partial charge in [-0.2, -0.15) is 10.4 Å². The molecule has 4 aromatic rings. The highest BCUT2D eigenvalue weighted by molar-refractivity contribution is 7.99. The van der Waals surface area contributed by atoms with Crippen LogP contribution in [0.25, 0.3) is 16.7 Å². The Labute approximate surface area is 188 Å². The number of fused-ring (bicyclic) bond motifs is 1. The molecule has 32 heavy (non-hydrogen) atoms. The summed E-state index contributed by atoms with van der Waals surface area (Å²) < 4.78 is 2.89. The van der Waals surface area contributed by atoms with Crippen molar-refractivity contribution in [1.82, 2.24) is 19.3 Å². The topological polar surface area (TPSA) is 106 Å². The van der Waals surface area contributed by atoms with Gasteiger partial charge in [-0.25, -0.2) is 9.67 Å². The standard InChI is InChI=1S/C23H20N6O2S/c1-15-9-16(2)11-17(10-15)29-22-18(12-26-29)23(31)28(14-25-22)13-21(30)27-19-5-3-4-6-20(19)32-8-7-24/h3-6,9-12,14H,8,13H2,1-2H3,(H,27,30). The van der Waals surface area contributed by atoms with E-state index in [1.807, 2.05) is 38.1 Å². The maximum Gasteiger partial charge on any atom is 0.264 e. The minimum Gasteiger partial charge on any atom is -0.324 e. The summed E-state index contributed by atoms with van der Waals surface area (Å²) in [6, 6.07) is 15.3. The van der Waals surface area contributed by atoms with Crippen LogP contribution in [0.5, 0.6) is 0 Å². The third-order valence-corrected chi connectivity index (χ3v) is 5.71. The Bertz CT molecular complexity index is 1400. The van der Waals surface area contributed by atoms with Crippen LogP contribution in [0.2, 0.25) is 0 Å². The van der Waals surface area contributed by atoms with Crippen LogP contribution in [0, 0.1) is 25.2 Å². The van der Waals surface area contributed by atoms with Crippen LogP contribution in [0.3, 0.4) is 0 Å². The highest BCUT2D eigenvalue weighted by Crippen LogP contribution is 2.26. The van der Waals surface area contributed by atoms with Gasteiger partial charge in [-0.3, -0.25) is 14.2 Å². The number of aryl methyl sites for hydroxylation is 2. The van der Waals surface area contributed by atoms with Crippen LogP contribution in [-0.4, -0.2) is 31.0 Å². The molecule has 0 bridgehead atoms. The fraction of sp³-hybridized carbons (Fsp3) is 0.174. The number of amides is 1. The summed E-state index contributed by atoms with van der Waals surface area (Å²) in [4.78, 5) is 30.7. The van der Waals surface area contributed by atoms with Crippen molar-refractivity contribution in [3.05, 3.63) is 76.5 Å². The third-order valence-electron chi connectivity index (χ3n) is 4.77. The van der Waals surface area contributed by atoms with Crippen LogP contribution >= 0.6 is 11.8 Å². The van der Waals surface area contributed by atoms with Gasteiger partial charge in [0.25, 0.3) is 5.56 Å². The summed E-state index contributed by atoms with van der Waals surface area (Å²) >= 11 is 1.34. The largest absolute Gasteiger partial charge is 0.324 e. The van der Waals surface area contributed by atoms with Gasteiger partial charge in [0.05, 0.1) is 29.4 Å². The summed E-state index contributed by atoms with van der Waals surface area (Å²) in [6.07, 6.45) is 2.84. The quantitative estimate of drug-likeness (QED) is 0.457. The molecule has 160 valence electrons. The molecule has 0 unspecified atom stereocenters. The number of thioether (sulfide) groups is 1. The molecule has 1 amide bonds. The number of aromatic nitrogens is 4. The van der Waals surface area contributed by atoms with E-state index in [1.54, 1.807) is 16.8 Å². The molecule has 0 spiro atoms. The van der Waals surface area contributed by atoms with E-state index in [4.69, 9.17) is 5.26 Å². The minimum atomic E-state index is -0.361. The van der Waals surface area contributed by atoms with E-state index < -0.39 is 0 Å². The van der Waals surface area contributed by atoms with Crippen molar-refractivity contribution in [2.45, 2.75) is 25.3 Å². The average Bonchev–Trinajstić information content (AvgIpc) is 3.19. The predicted octanol–water partition coefficient (Wildman–Crippen LogP) is 3.45. The maximum absolute atomic E-state index is 13.0. The lowest BCUT2D eigenvalue weighted by atomic mass is 10.1. The molecule has 2 aromatic carbocycles. The van der Waals surface area contributed by atoms with Crippen LogP contribution < -0.4 is 10.9 Å². The second-order valence-electron chi connectivity index (χ2n) is 7.31. The molecule has 0 atom stereocenters. The lowest BCUT2D eigenvalue weighted by Crippen LogP contribution is -2.28. The van der Waals surface area contributed by atoms with Crippen molar-refractivity contribution < 1.29 is 4.79 Å². The number of benzene rings is 2. The van der Waals surface area contributed by atoms with Crippen LogP contribution in [0.4, 0.5) is 5.69 Å². The van der Waals surface area contributed by atoms with E-state index >= 15 is 0 Å². The lowest BCUT2D eigenvalue weighted by Gasteiger charge is -2.11. The van der Waals surface area contributed by atoms with Crippen molar-refractivity contribution in [1.29, 1.82) is 5.26 Å². The molecule has 0 fully saturated rings. The summed E-state index contributed by atoms with van der Waals surface area (Å²) in [5.41, 5.74) is 3.69. The minimum absolute atomic E-state index is 0.187. The number of anilines is 1. The third kappa shape index (κ3) is 4.40. The molecule has 0 aliphatic heterocycles. The second kappa shape index (κ2) is 9.08. The van der Waals surface area contributed by atoms with Crippen molar-refractivity contribution in [3.63, 3.8) is 0 Å². The Morgan fingerprint density at radius 1 is 1.19 bits per heavy atom. The highest BCUT2D eigenvalue weighted by Gasteiger charge is 2.14. The number of nitrogens with one attached hydrogen (secondary N) is 1. The molecule has 9 heteroatoms. The summed E-state index contributed by atoms with van der Waals surface area (Å²) in [6.45, 7) is 3.81. The molecule has 2 aromatic heterocycles. The zero-order valence-electron chi connectivity index (χ0n) is 17.6. The van der Waals surface area contributed by atoms with Gasteiger partial charge in [0.1, 0.15) is 18.3 Å². The number of carbonyl (C=O) groups excluding carboxylic acids is 1. The van der Waals surface area contributed by atoms with Gasteiger partial charge in [-0.1, -0.05) is 18.2 Å². The van der Waals surface area contributed by atoms with Gasteiger partial charge >= 0.3 is 0 Å². The van der Waals surface area contributed by atoms with E-state index in [-0.39, 0.29) is 23.8 Å². The normalized spacial score (nSPS) is 10.8. The van der Waals surface area contributed by atoms with Crippen LogP contribution in [0.15, 0.2) is 64.7 Å². The fourth-order valence-corrected chi connectivity index (χ4v) is 4.14. The van der Waals surface area contributed by atoms with Crippen molar-refractivity contribution in [2.24, 2.45) is 0 Å². The lowest BCUT2D eigenvalue weighted by molar-refractivity contribution is -0.116. The Morgan fingerprint density at radius 2 is 1.94 bits per heavy atom. The molecule has 1 N–H and O–H groups in total. The Hall–Kier alpha value is -3.90. The molecule has 8 nitrogen and oxygen atoms in total. The van der Waals surface area contributed by atoms with E-state index in [9.17, 15) is 9.59 Å². The van der Waals surface area contributed by atoms with Gasteiger partial charge in [0, 0.05) is 4.90 Å². The molecule has 0 aliphatic rings. The molecule has 2 heterocycles. The van der Waals surface area contributed by atoms with E-state index in [0.717, 1.165) is 21.7 Å². The van der Waals surface area contributed by atoms with Gasteiger partial charge < -0.3 is 5.32 Å². The number of hydrogen-bond donors (Lipinski definition) is 1. The van der Waals surface area contributed by atoms with Crippen LogP contribution in [0.1, 0.15) is 11.1 Å². The second-order valence-corrected chi connectivity index (χ2v) is 8.33. The Kier molecular flexibility index (Phi) is 6.05. The Morgan fingerprint density at radius 3 is 2.69 bits per heavy atom. The molecular weight excluding hydrogens is 424 g/mol. The Balaban J connectivity index is 1.59. The summed E-state index contributed by atoms with van der Waals surface area (Å²) in [5, 5.41) is 16.3. The predicted molar refractivity (Wildman–Crippen MR) is 124 cm³/mol. The number of carbonyl (C=O) groups is 1. The first kappa shape index (κ1) is 21.3. The molecule has 0 aliphatic carbocycles. The molecular formula is C23H20N6O2S. The zero-order valence-corrected chi connectivity index (χ0v) is 18.4. The summed E-state index contributed by atoms with van der Waals surface area (Å²) in [7, 11) is 0. The van der Waals surface area contributed by atoms with Crippen molar-refractivity contribution in [3.8, 4) is 11.8 Å². The van der Waals surface area contributed by atoms with Gasteiger partial charge in [-0.15, -0.1) is 11.8 Å². The number of hydrogen-bond acceptors (Lipinski definition) is 6. The molecule has 4 rings (SSSR count). The monoisotopic (exact) mass is 444 g/mol. The van der Waals surface area contributed by atoms with Gasteiger partial charge in [0.15, 0.2) is 5.65 Å². The number of nitrogens with zero attached hydrogens (tertiary/aromatic N) is 5. The summed E-state index contributed by atoms with van der Waals surface area (Å²) in [5.74, 6) is -0.0860. The molecule has 0 saturated carbocycles. The number of para-hydroxylation sites is 1. The average molecular weight is 445 g/mol. The van der Waals surface area contributed by atoms with E-state index in [1.165, 1.54) is 28.9 Å². The van der Waals surface area contributed by atoms with Crippen molar-refractivity contribution >= 4 is 34.4 Å². The van der Waals surface area contributed by atoms with E-state index in [0.29, 0.717) is 16.7 Å². The van der Waals surface area contributed by atoms with Crippen molar-refractivity contribution in [2.75, 3.05) is 11.1 Å². The maximum atomic E-state index is 13.0. The first-order valence-corrected chi connectivity index (χ1v) is 10.9. The smallest absolute Gasteiger partial charge is 0.264 e. The van der Waals surface area contributed by atoms with Gasteiger partial charge in [-0.05, 0) is 49.2 Å². The highest BCUT2D eigenvalue weighted by atomic mass is 32.2. The fourth-order valence-electron chi connectivity index (χ4n) is 3.47. The zero-order chi connectivity index (χ0) is 22.7. The van der Waals surface area contributed by atoms with E-state index in [2.05, 4.69) is 27.5 Å². The molecule has 0 radical (unpaired) electrons.